The van der Waals surface area contributed by atoms with E-state index >= 15 is 0 Å². The number of carbonyl (C=O) groups excluding carboxylic acids is 2. The minimum atomic E-state index is -0.0283. The number of hydrogen-bond acceptors (Lipinski definition) is 4. The lowest BCUT2D eigenvalue weighted by Crippen LogP contribution is -2.52. The molecule has 1 aromatic heterocycles. The molecular weight excluding hydrogens is 294 g/mol. The normalized spacial score (nSPS) is 20.1. The molecule has 3 rings (SSSR count). The molecule has 0 spiro atoms. The van der Waals surface area contributed by atoms with E-state index in [1.807, 2.05) is 13.2 Å². The first-order valence-corrected chi connectivity index (χ1v) is 8.41. The van der Waals surface area contributed by atoms with Gasteiger partial charge in [0.25, 0.3) is 0 Å². The zero-order chi connectivity index (χ0) is 16.2. The van der Waals surface area contributed by atoms with Gasteiger partial charge in [0.15, 0.2) is 0 Å². The van der Waals surface area contributed by atoms with E-state index in [1.165, 1.54) is 0 Å². The number of anilines is 1. The van der Waals surface area contributed by atoms with Crippen LogP contribution in [-0.2, 0) is 16.6 Å². The number of carbonyl (C=O) groups is 2. The highest BCUT2D eigenvalue weighted by Crippen LogP contribution is 2.20. The number of piperazine rings is 1. The molecule has 2 aliphatic heterocycles. The van der Waals surface area contributed by atoms with Gasteiger partial charge in [0.2, 0.25) is 11.8 Å². The van der Waals surface area contributed by atoms with Crippen LogP contribution in [0.3, 0.4) is 0 Å². The van der Waals surface area contributed by atoms with Crippen LogP contribution in [0.1, 0.15) is 25.7 Å². The minimum absolute atomic E-state index is 0.0283. The molecule has 1 aromatic rings. The molecule has 2 amide bonds. The summed E-state index contributed by atoms with van der Waals surface area (Å²) in [5.41, 5.74) is 0.805. The lowest BCUT2D eigenvalue weighted by Gasteiger charge is -2.34. The molecule has 7 nitrogen and oxygen atoms in total. The van der Waals surface area contributed by atoms with Crippen LogP contribution in [-0.4, -0.2) is 59.2 Å². The van der Waals surface area contributed by atoms with Crippen molar-refractivity contribution in [1.82, 2.24) is 20.0 Å². The maximum absolute atomic E-state index is 12.4. The van der Waals surface area contributed by atoms with E-state index in [4.69, 9.17) is 0 Å². The van der Waals surface area contributed by atoms with Gasteiger partial charge in [-0.25, -0.2) is 0 Å². The van der Waals surface area contributed by atoms with Gasteiger partial charge in [-0.05, 0) is 38.3 Å². The standard InChI is InChI=1S/C16H25N5O2/c1-19-11-14(10-18-19)21-9-8-20(12-16(21)23)15(22)3-2-13-4-6-17-7-5-13/h10-11,13,17H,2-9,12H2,1H3. The molecular formula is C16H25N5O2. The minimum Gasteiger partial charge on any atom is -0.332 e. The molecule has 0 atom stereocenters. The van der Waals surface area contributed by atoms with E-state index in [0.29, 0.717) is 25.4 Å². The van der Waals surface area contributed by atoms with Crippen molar-refractivity contribution in [3.63, 3.8) is 0 Å². The largest absolute Gasteiger partial charge is 0.332 e. The third-order valence-electron chi connectivity index (χ3n) is 4.80. The average Bonchev–Trinajstić information content (AvgIpc) is 2.99. The SMILES string of the molecule is Cn1cc(N2CCN(C(=O)CCC3CCNCC3)CC2=O)cn1. The van der Waals surface area contributed by atoms with Crippen molar-refractivity contribution in [1.29, 1.82) is 0 Å². The van der Waals surface area contributed by atoms with Crippen LogP contribution >= 0.6 is 0 Å². The average molecular weight is 319 g/mol. The van der Waals surface area contributed by atoms with Gasteiger partial charge >= 0.3 is 0 Å². The van der Waals surface area contributed by atoms with E-state index in [1.54, 1.807) is 20.7 Å². The van der Waals surface area contributed by atoms with Crippen LogP contribution in [0.5, 0.6) is 0 Å². The third-order valence-corrected chi connectivity index (χ3v) is 4.80. The van der Waals surface area contributed by atoms with Gasteiger partial charge in [-0.2, -0.15) is 5.10 Å². The number of nitrogens with zero attached hydrogens (tertiary/aromatic N) is 4. The highest BCUT2D eigenvalue weighted by atomic mass is 16.2. The molecule has 7 heteroatoms. The molecule has 0 unspecified atom stereocenters. The molecule has 2 saturated heterocycles. The van der Waals surface area contributed by atoms with Gasteiger partial charge in [-0.15, -0.1) is 0 Å². The van der Waals surface area contributed by atoms with Crippen molar-refractivity contribution in [3.8, 4) is 0 Å². The summed E-state index contributed by atoms with van der Waals surface area (Å²) in [6.45, 7) is 3.44. The number of piperidine rings is 1. The fourth-order valence-corrected chi connectivity index (χ4v) is 3.36. The molecule has 3 heterocycles. The Morgan fingerprint density at radius 2 is 2.13 bits per heavy atom. The van der Waals surface area contributed by atoms with Crippen molar-refractivity contribution < 1.29 is 9.59 Å². The van der Waals surface area contributed by atoms with E-state index in [2.05, 4.69) is 10.4 Å². The summed E-state index contributed by atoms with van der Waals surface area (Å²) in [5.74, 6) is 0.731. The number of nitrogens with one attached hydrogen (secondary N) is 1. The predicted molar refractivity (Wildman–Crippen MR) is 87.0 cm³/mol. The Balaban J connectivity index is 1.48. The first-order chi connectivity index (χ1) is 11.1. The molecule has 0 radical (unpaired) electrons. The van der Waals surface area contributed by atoms with Crippen LogP contribution in [0.2, 0.25) is 0 Å². The second-order valence-electron chi connectivity index (χ2n) is 6.46. The molecule has 0 aliphatic carbocycles. The van der Waals surface area contributed by atoms with Crippen molar-refractivity contribution in [3.05, 3.63) is 12.4 Å². The quantitative estimate of drug-likeness (QED) is 0.871. The summed E-state index contributed by atoms with van der Waals surface area (Å²) in [6.07, 6.45) is 7.32. The van der Waals surface area contributed by atoms with Gasteiger partial charge in [0.1, 0.15) is 6.54 Å². The monoisotopic (exact) mass is 319 g/mol. The predicted octanol–water partition coefficient (Wildman–Crippen LogP) is 0.375. The third kappa shape index (κ3) is 3.90. The van der Waals surface area contributed by atoms with Crippen molar-refractivity contribution >= 4 is 17.5 Å². The van der Waals surface area contributed by atoms with E-state index < -0.39 is 0 Å². The number of aryl methyl sites for hydroxylation is 1. The fraction of sp³-hybridized carbons (Fsp3) is 0.688. The smallest absolute Gasteiger partial charge is 0.246 e. The van der Waals surface area contributed by atoms with Gasteiger partial charge in [0, 0.05) is 32.8 Å². The Morgan fingerprint density at radius 1 is 1.35 bits per heavy atom. The van der Waals surface area contributed by atoms with Crippen LogP contribution in [0.15, 0.2) is 12.4 Å². The maximum atomic E-state index is 12.4. The van der Waals surface area contributed by atoms with Crippen LogP contribution < -0.4 is 10.2 Å². The second kappa shape index (κ2) is 7.12. The Morgan fingerprint density at radius 3 is 2.78 bits per heavy atom. The zero-order valence-corrected chi connectivity index (χ0v) is 13.7. The first kappa shape index (κ1) is 16.0. The number of rotatable bonds is 4. The molecule has 126 valence electrons. The maximum Gasteiger partial charge on any atom is 0.246 e. The van der Waals surface area contributed by atoms with Gasteiger partial charge in [-0.3, -0.25) is 14.3 Å². The van der Waals surface area contributed by atoms with Crippen LogP contribution in [0.4, 0.5) is 5.69 Å². The van der Waals surface area contributed by atoms with Crippen molar-refractivity contribution in [2.24, 2.45) is 13.0 Å². The van der Waals surface area contributed by atoms with Crippen molar-refractivity contribution in [2.45, 2.75) is 25.7 Å². The summed E-state index contributed by atoms with van der Waals surface area (Å²) in [5, 5.41) is 7.44. The molecule has 1 N–H and O–H groups in total. The van der Waals surface area contributed by atoms with Gasteiger partial charge in [-0.1, -0.05) is 0 Å². The number of hydrogen-bond donors (Lipinski definition) is 1. The highest BCUT2D eigenvalue weighted by molar-refractivity contribution is 5.97. The Kier molecular flexibility index (Phi) is 4.95. The topological polar surface area (TPSA) is 70.5 Å². The Hall–Kier alpha value is -1.89. The number of amides is 2. The fourth-order valence-electron chi connectivity index (χ4n) is 3.36. The Labute approximate surface area is 136 Å². The second-order valence-corrected chi connectivity index (χ2v) is 6.46. The van der Waals surface area contributed by atoms with Crippen LogP contribution in [0.25, 0.3) is 0 Å². The summed E-state index contributed by atoms with van der Waals surface area (Å²) in [4.78, 5) is 28.1. The van der Waals surface area contributed by atoms with Gasteiger partial charge < -0.3 is 15.1 Å². The van der Waals surface area contributed by atoms with Crippen LogP contribution in [0, 0.1) is 5.92 Å². The molecule has 2 fully saturated rings. The van der Waals surface area contributed by atoms with Crippen molar-refractivity contribution in [2.75, 3.05) is 37.6 Å². The zero-order valence-electron chi connectivity index (χ0n) is 13.7. The summed E-state index contributed by atoms with van der Waals surface area (Å²) in [7, 11) is 1.83. The van der Waals surface area contributed by atoms with E-state index in [9.17, 15) is 9.59 Å². The van der Waals surface area contributed by atoms with E-state index in [-0.39, 0.29) is 18.4 Å². The molecule has 23 heavy (non-hydrogen) atoms. The molecule has 0 aromatic carbocycles. The Bertz CT molecular complexity index is 565. The molecule has 0 bridgehead atoms. The van der Waals surface area contributed by atoms with Gasteiger partial charge in [0.05, 0.1) is 11.9 Å². The molecule has 2 aliphatic rings. The lowest BCUT2D eigenvalue weighted by atomic mass is 9.93. The lowest BCUT2D eigenvalue weighted by molar-refractivity contribution is -0.137. The number of aromatic nitrogens is 2. The summed E-state index contributed by atoms with van der Waals surface area (Å²) in [6, 6.07) is 0. The van der Waals surface area contributed by atoms with E-state index in [0.717, 1.165) is 38.0 Å². The molecule has 0 saturated carbocycles. The highest BCUT2D eigenvalue weighted by Gasteiger charge is 2.28. The summed E-state index contributed by atoms with van der Waals surface area (Å²) < 4.78 is 1.68. The summed E-state index contributed by atoms with van der Waals surface area (Å²) >= 11 is 0. The first-order valence-electron chi connectivity index (χ1n) is 8.41.